The maximum Gasteiger partial charge on any atom is 0.416 e. The lowest BCUT2D eigenvalue weighted by atomic mass is 10.2. The molecule has 11 heteroatoms. The molecule has 0 unspecified atom stereocenters. The number of rotatable bonds is 5. The normalized spacial score (nSPS) is 15.0. The third-order valence-corrected chi connectivity index (χ3v) is 5.61. The highest BCUT2D eigenvalue weighted by Gasteiger charge is 2.32. The number of halogens is 3. The summed E-state index contributed by atoms with van der Waals surface area (Å²) in [4.78, 5) is 24.4. The lowest BCUT2D eigenvalue weighted by Gasteiger charge is -2.17. The molecule has 1 aliphatic heterocycles. The van der Waals surface area contributed by atoms with Crippen molar-refractivity contribution in [3.8, 4) is 5.75 Å². The van der Waals surface area contributed by atoms with Crippen LogP contribution in [0.5, 0.6) is 5.75 Å². The third-order valence-electron chi connectivity index (χ3n) is 4.21. The summed E-state index contributed by atoms with van der Waals surface area (Å²) in [6.07, 6.45) is -4.50. The first-order valence-electron chi connectivity index (χ1n) is 8.27. The highest BCUT2D eigenvalue weighted by molar-refractivity contribution is 7.92. The molecule has 1 saturated heterocycles. The average Bonchev–Trinajstić information content (AvgIpc) is 2.99. The number of carbonyl (C=O) groups excluding carboxylic acids is 2. The van der Waals surface area contributed by atoms with Gasteiger partial charge in [0, 0.05) is 18.5 Å². The molecule has 1 heterocycles. The van der Waals surface area contributed by atoms with Gasteiger partial charge in [0.15, 0.2) is 0 Å². The lowest BCUT2D eigenvalue weighted by Crippen LogP contribution is -2.28. The number of sulfonamides is 1. The van der Waals surface area contributed by atoms with Gasteiger partial charge < -0.3 is 4.74 Å². The number of anilines is 2. The van der Waals surface area contributed by atoms with E-state index in [0.717, 1.165) is 35.2 Å². The first-order chi connectivity index (χ1) is 13.5. The van der Waals surface area contributed by atoms with Gasteiger partial charge >= 0.3 is 6.18 Å². The molecular formula is C18H15F3N2O5S. The Morgan fingerprint density at radius 2 is 1.59 bits per heavy atom. The highest BCUT2D eigenvalue weighted by atomic mass is 32.2. The zero-order valence-corrected chi connectivity index (χ0v) is 15.8. The van der Waals surface area contributed by atoms with Crippen LogP contribution < -0.4 is 14.4 Å². The largest absolute Gasteiger partial charge is 0.495 e. The maximum atomic E-state index is 12.8. The van der Waals surface area contributed by atoms with Crippen molar-refractivity contribution in [3.05, 3.63) is 48.0 Å². The van der Waals surface area contributed by atoms with Crippen LogP contribution >= 0.6 is 0 Å². The van der Waals surface area contributed by atoms with E-state index in [4.69, 9.17) is 4.74 Å². The summed E-state index contributed by atoms with van der Waals surface area (Å²) in [6, 6.07) is 7.20. The van der Waals surface area contributed by atoms with E-state index in [1.165, 1.54) is 19.2 Å². The van der Waals surface area contributed by atoms with Gasteiger partial charge in [0.2, 0.25) is 11.8 Å². The molecule has 1 N–H and O–H groups in total. The van der Waals surface area contributed by atoms with Gasteiger partial charge in [-0.2, -0.15) is 13.2 Å². The van der Waals surface area contributed by atoms with E-state index in [2.05, 4.69) is 4.72 Å². The van der Waals surface area contributed by atoms with Crippen LogP contribution in [0.4, 0.5) is 24.5 Å². The molecule has 3 rings (SSSR count). The van der Waals surface area contributed by atoms with Crippen LogP contribution in [0.15, 0.2) is 47.4 Å². The van der Waals surface area contributed by atoms with Crippen molar-refractivity contribution in [2.75, 3.05) is 16.7 Å². The van der Waals surface area contributed by atoms with Crippen LogP contribution in [0.1, 0.15) is 18.4 Å². The van der Waals surface area contributed by atoms with Crippen LogP contribution in [0.3, 0.4) is 0 Å². The number of carbonyl (C=O) groups is 2. The number of benzene rings is 2. The monoisotopic (exact) mass is 428 g/mol. The molecule has 29 heavy (non-hydrogen) atoms. The molecule has 0 radical (unpaired) electrons. The van der Waals surface area contributed by atoms with Crippen molar-refractivity contribution in [1.29, 1.82) is 0 Å². The van der Waals surface area contributed by atoms with Crippen molar-refractivity contribution >= 4 is 33.2 Å². The van der Waals surface area contributed by atoms with E-state index in [1.54, 1.807) is 0 Å². The molecule has 7 nitrogen and oxygen atoms in total. The van der Waals surface area contributed by atoms with Crippen molar-refractivity contribution in [3.63, 3.8) is 0 Å². The topological polar surface area (TPSA) is 92.8 Å². The van der Waals surface area contributed by atoms with Gasteiger partial charge in [-0.25, -0.2) is 8.42 Å². The Bertz CT molecular complexity index is 1050. The van der Waals surface area contributed by atoms with E-state index in [-0.39, 0.29) is 34.9 Å². The summed E-state index contributed by atoms with van der Waals surface area (Å²) in [6.45, 7) is 0. The predicted octanol–water partition coefficient (Wildman–Crippen LogP) is 3.17. The smallest absolute Gasteiger partial charge is 0.416 e. The minimum Gasteiger partial charge on any atom is -0.495 e. The molecule has 2 aromatic rings. The summed E-state index contributed by atoms with van der Waals surface area (Å²) < 4.78 is 70.8. The van der Waals surface area contributed by atoms with Gasteiger partial charge in [-0.3, -0.25) is 19.2 Å². The Kier molecular flexibility index (Phi) is 5.26. The fourth-order valence-electron chi connectivity index (χ4n) is 2.82. The van der Waals surface area contributed by atoms with Crippen molar-refractivity contribution < 1.29 is 35.9 Å². The van der Waals surface area contributed by atoms with Crippen molar-refractivity contribution in [1.82, 2.24) is 0 Å². The fourth-order valence-corrected chi connectivity index (χ4v) is 4.06. The molecule has 0 aliphatic carbocycles. The van der Waals surface area contributed by atoms with Crippen LogP contribution in [-0.2, 0) is 25.8 Å². The molecule has 0 bridgehead atoms. The zero-order valence-electron chi connectivity index (χ0n) is 15.0. The molecule has 1 aliphatic rings. The van der Waals surface area contributed by atoms with E-state index >= 15 is 0 Å². The second kappa shape index (κ2) is 7.39. The summed E-state index contributed by atoms with van der Waals surface area (Å²) >= 11 is 0. The molecule has 2 amide bonds. The maximum absolute atomic E-state index is 12.8. The molecule has 0 atom stereocenters. The summed E-state index contributed by atoms with van der Waals surface area (Å²) in [5.74, 6) is -0.981. The second-order valence-electron chi connectivity index (χ2n) is 6.14. The number of hydrogen-bond donors (Lipinski definition) is 1. The Labute approximate surface area is 164 Å². The third kappa shape index (κ3) is 4.19. The average molecular weight is 428 g/mol. The first kappa shape index (κ1) is 20.6. The van der Waals surface area contributed by atoms with Crippen molar-refractivity contribution in [2.24, 2.45) is 0 Å². The van der Waals surface area contributed by atoms with Crippen LogP contribution in [0, 0.1) is 0 Å². The summed E-state index contributed by atoms with van der Waals surface area (Å²) in [5, 5.41) is 0. The Balaban J connectivity index is 1.96. The van der Waals surface area contributed by atoms with Gasteiger partial charge in [-0.1, -0.05) is 0 Å². The van der Waals surface area contributed by atoms with Gasteiger partial charge in [0.25, 0.3) is 10.0 Å². The second-order valence-corrected chi connectivity index (χ2v) is 7.79. The Morgan fingerprint density at radius 3 is 2.10 bits per heavy atom. The molecule has 0 aromatic heterocycles. The molecule has 154 valence electrons. The Hall–Kier alpha value is -3.08. The van der Waals surface area contributed by atoms with Crippen LogP contribution in [0.2, 0.25) is 0 Å². The number of ether oxygens (including phenoxy) is 1. The van der Waals surface area contributed by atoms with Gasteiger partial charge in [-0.15, -0.1) is 0 Å². The number of hydrogen-bond acceptors (Lipinski definition) is 5. The number of nitrogens with one attached hydrogen (secondary N) is 1. The molecule has 0 saturated carbocycles. The van der Waals surface area contributed by atoms with Crippen LogP contribution in [-0.4, -0.2) is 27.3 Å². The minimum atomic E-state index is -4.55. The molecule has 1 fully saturated rings. The number of alkyl halides is 3. The quantitative estimate of drug-likeness (QED) is 0.739. The SMILES string of the molecule is COc1ccc(N2C(=O)CCC2=O)cc1S(=O)(=O)Nc1ccc(C(F)(F)F)cc1. The number of nitrogens with zero attached hydrogens (tertiary/aromatic N) is 1. The van der Waals surface area contributed by atoms with E-state index in [9.17, 15) is 31.2 Å². The number of imide groups is 1. The van der Waals surface area contributed by atoms with Gasteiger partial charge in [0.05, 0.1) is 18.4 Å². The highest BCUT2D eigenvalue weighted by Crippen LogP contribution is 2.33. The van der Waals surface area contributed by atoms with E-state index < -0.39 is 33.6 Å². The van der Waals surface area contributed by atoms with Gasteiger partial charge in [-0.05, 0) is 42.5 Å². The lowest BCUT2D eigenvalue weighted by molar-refractivity contribution is -0.137. The van der Waals surface area contributed by atoms with E-state index in [0.29, 0.717) is 0 Å². The fraction of sp³-hybridized carbons (Fsp3) is 0.222. The van der Waals surface area contributed by atoms with Gasteiger partial charge in [0.1, 0.15) is 10.6 Å². The van der Waals surface area contributed by atoms with Crippen LogP contribution in [0.25, 0.3) is 0 Å². The minimum absolute atomic E-state index is 0.0246. The predicted molar refractivity (Wildman–Crippen MR) is 97.0 cm³/mol. The van der Waals surface area contributed by atoms with Crippen molar-refractivity contribution in [2.45, 2.75) is 23.9 Å². The van der Waals surface area contributed by atoms with E-state index in [1.807, 2.05) is 0 Å². The number of methoxy groups -OCH3 is 1. The summed E-state index contributed by atoms with van der Waals surface area (Å²) in [7, 11) is -3.06. The first-order valence-corrected chi connectivity index (χ1v) is 9.75. The molecule has 0 spiro atoms. The molecule has 2 aromatic carbocycles. The summed E-state index contributed by atoms with van der Waals surface area (Å²) in [5.41, 5.74) is -0.962. The number of amides is 2. The zero-order chi connectivity index (χ0) is 21.4. The Morgan fingerprint density at radius 1 is 1.00 bits per heavy atom. The standard InChI is InChI=1S/C18H15F3N2O5S/c1-28-14-7-6-13(23-16(24)8-9-17(23)25)10-15(14)29(26,27)22-12-4-2-11(3-5-12)18(19,20)21/h2-7,10,22H,8-9H2,1H3. The molecular weight excluding hydrogens is 413 g/mol.